The van der Waals surface area contributed by atoms with Crippen molar-refractivity contribution in [3.8, 4) is 0 Å². The second-order valence-electron chi connectivity index (χ2n) is 3.74. The first-order valence-electron chi connectivity index (χ1n) is 5.26. The Morgan fingerprint density at radius 3 is 2.73 bits per heavy atom. The molecule has 0 saturated carbocycles. The molecule has 2 nitrogen and oxygen atoms in total. The fourth-order valence-corrected chi connectivity index (χ4v) is 2.81. The molecule has 1 heterocycles. The van der Waals surface area contributed by atoms with Crippen LogP contribution in [0, 0.1) is 0 Å². The average molecular weight is 247 g/mol. The molecule has 15 heavy (non-hydrogen) atoms. The Morgan fingerprint density at radius 2 is 2.27 bits per heavy atom. The molecule has 0 bridgehead atoms. The topological polar surface area (TPSA) is 15.3 Å². The molecular weight excluding hydrogens is 228 g/mol. The zero-order valence-corrected chi connectivity index (χ0v) is 11.2. The minimum Gasteiger partial charge on any atom is -0.318 e. The van der Waals surface area contributed by atoms with Crippen LogP contribution in [0.2, 0.25) is 4.34 Å². The zero-order chi connectivity index (χ0) is 11.3. The number of nitrogens with one attached hydrogen (secondary N) is 1. The maximum absolute atomic E-state index is 5.91. The summed E-state index contributed by atoms with van der Waals surface area (Å²) < 4.78 is 0.875. The minimum atomic E-state index is 0.593. The number of hydrogen-bond donors (Lipinski definition) is 1. The van der Waals surface area contributed by atoms with Crippen LogP contribution >= 0.6 is 22.9 Å². The van der Waals surface area contributed by atoms with E-state index < -0.39 is 0 Å². The van der Waals surface area contributed by atoms with Gasteiger partial charge in [0, 0.05) is 24.0 Å². The Kier molecular flexibility index (Phi) is 5.61. The van der Waals surface area contributed by atoms with E-state index in [0.717, 1.165) is 23.8 Å². The minimum absolute atomic E-state index is 0.593. The molecule has 0 amide bonds. The molecule has 1 aromatic heterocycles. The third-order valence-corrected chi connectivity index (χ3v) is 3.78. The van der Waals surface area contributed by atoms with E-state index in [0.29, 0.717) is 6.04 Å². The molecule has 1 atom stereocenters. The van der Waals surface area contributed by atoms with Gasteiger partial charge in [0.2, 0.25) is 0 Å². The molecule has 4 heteroatoms. The second kappa shape index (κ2) is 6.48. The summed E-state index contributed by atoms with van der Waals surface area (Å²) in [6.07, 6.45) is 1.16. The molecule has 0 spiro atoms. The van der Waals surface area contributed by atoms with Gasteiger partial charge in [0.25, 0.3) is 0 Å². The summed E-state index contributed by atoms with van der Waals surface area (Å²) in [5, 5.41) is 3.23. The fourth-order valence-electron chi connectivity index (χ4n) is 1.66. The Bertz CT molecular complexity index is 288. The Hall–Kier alpha value is -0.0900. The lowest BCUT2D eigenvalue weighted by Gasteiger charge is -2.26. The highest BCUT2D eigenvalue weighted by Gasteiger charge is 2.12. The summed E-state index contributed by atoms with van der Waals surface area (Å²) in [7, 11) is 4.16. The predicted molar refractivity (Wildman–Crippen MR) is 68.8 cm³/mol. The van der Waals surface area contributed by atoms with Crippen molar-refractivity contribution >= 4 is 22.9 Å². The van der Waals surface area contributed by atoms with Gasteiger partial charge >= 0.3 is 0 Å². The van der Waals surface area contributed by atoms with Gasteiger partial charge in [-0.2, -0.15) is 0 Å². The van der Waals surface area contributed by atoms with Crippen LogP contribution < -0.4 is 5.32 Å². The van der Waals surface area contributed by atoms with Gasteiger partial charge in [-0.1, -0.05) is 18.5 Å². The van der Waals surface area contributed by atoms with Crippen LogP contribution in [-0.4, -0.2) is 31.6 Å². The van der Waals surface area contributed by atoms with E-state index in [-0.39, 0.29) is 0 Å². The van der Waals surface area contributed by atoms with E-state index in [1.807, 2.05) is 13.1 Å². The highest BCUT2D eigenvalue weighted by molar-refractivity contribution is 7.16. The van der Waals surface area contributed by atoms with Gasteiger partial charge in [-0.25, -0.2) is 0 Å². The van der Waals surface area contributed by atoms with Gasteiger partial charge in [-0.3, -0.25) is 4.90 Å². The predicted octanol–water partition coefficient (Wildman–Crippen LogP) is 2.83. The summed E-state index contributed by atoms with van der Waals surface area (Å²) >= 11 is 7.57. The van der Waals surface area contributed by atoms with E-state index in [4.69, 9.17) is 11.6 Å². The largest absolute Gasteiger partial charge is 0.318 e. The number of thiophene rings is 1. The Balaban J connectivity index is 2.49. The van der Waals surface area contributed by atoms with Crippen molar-refractivity contribution in [3.63, 3.8) is 0 Å². The molecule has 1 aromatic rings. The summed E-state index contributed by atoms with van der Waals surface area (Å²) in [4.78, 5) is 3.70. The first-order valence-corrected chi connectivity index (χ1v) is 6.45. The van der Waals surface area contributed by atoms with Gasteiger partial charge in [0.05, 0.1) is 4.34 Å². The Labute approximate surface area is 101 Å². The van der Waals surface area contributed by atoms with Crippen LogP contribution in [0.5, 0.6) is 0 Å². The normalized spacial score (nSPS) is 13.4. The van der Waals surface area contributed by atoms with Crippen molar-refractivity contribution in [2.45, 2.75) is 25.9 Å². The average Bonchev–Trinajstić information content (AvgIpc) is 2.60. The maximum atomic E-state index is 5.91. The summed E-state index contributed by atoms with van der Waals surface area (Å²) in [5.74, 6) is 0. The highest BCUT2D eigenvalue weighted by atomic mass is 35.5. The molecule has 0 aliphatic carbocycles. The number of hydrogen-bond acceptors (Lipinski definition) is 3. The van der Waals surface area contributed by atoms with Gasteiger partial charge in [-0.15, -0.1) is 11.3 Å². The van der Waals surface area contributed by atoms with Gasteiger partial charge in [0.15, 0.2) is 0 Å². The second-order valence-corrected chi connectivity index (χ2v) is 5.54. The number of rotatable bonds is 6. The first kappa shape index (κ1) is 13.0. The van der Waals surface area contributed by atoms with Crippen LogP contribution in [0.15, 0.2) is 12.1 Å². The summed E-state index contributed by atoms with van der Waals surface area (Å²) in [6, 6.07) is 4.67. The van der Waals surface area contributed by atoms with Crippen molar-refractivity contribution in [3.05, 3.63) is 21.3 Å². The van der Waals surface area contributed by atoms with Crippen molar-refractivity contribution in [2.24, 2.45) is 0 Å². The van der Waals surface area contributed by atoms with E-state index >= 15 is 0 Å². The molecule has 86 valence electrons. The lowest BCUT2D eigenvalue weighted by Crippen LogP contribution is -2.37. The lowest BCUT2D eigenvalue weighted by atomic mass is 10.2. The molecule has 0 fully saturated rings. The fraction of sp³-hybridized carbons (Fsp3) is 0.636. The highest BCUT2D eigenvalue weighted by Crippen LogP contribution is 2.23. The summed E-state index contributed by atoms with van der Waals surface area (Å²) in [5.41, 5.74) is 0. The SMILES string of the molecule is CCC(CNC)N(C)Cc1ccc(Cl)s1. The standard InChI is InChI=1S/C11H19ClN2S/c1-4-9(7-13-2)14(3)8-10-5-6-11(12)15-10/h5-6,9,13H,4,7-8H2,1-3H3. The van der Waals surface area contributed by atoms with Crippen LogP contribution in [-0.2, 0) is 6.54 Å². The molecule has 0 saturated heterocycles. The van der Waals surface area contributed by atoms with Crippen molar-refractivity contribution < 1.29 is 0 Å². The summed E-state index contributed by atoms with van der Waals surface area (Å²) in [6.45, 7) is 4.24. The van der Waals surface area contributed by atoms with E-state index in [2.05, 4.69) is 30.3 Å². The third kappa shape index (κ3) is 4.11. The quantitative estimate of drug-likeness (QED) is 0.831. The molecule has 0 aromatic carbocycles. The van der Waals surface area contributed by atoms with E-state index in [1.165, 1.54) is 4.88 Å². The molecule has 0 aliphatic rings. The van der Waals surface area contributed by atoms with Crippen LogP contribution in [0.4, 0.5) is 0 Å². The molecule has 1 N–H and O–H groups in total. The zero-order valence-electron chi connectivity index (χ0n) is 9.59. The third-order valence-electron chi connectivity index (χ3n) is 2.57. The monoisotopic (exact) mass is 246 g/mol. The van der Waals surface area contributed by atoms with Crippen molar-refractivity contribution in [1.82, 2.24) is 10.2 Å². The maximum Gasteiger partial charge on any atom is 0.0931 e. The van der Waals surface area contributed by atoms with Crippen molar-refractivity contribution in [2.75, 3.05) is 20.6 Å². The number of halogens is 1. The number of nitrogens with zero attached hydrogens (tertiary/aromatic N) is 1. The van der Waals surface area contributed by atoms with Crippen LogP contribution in [0.1, 0.15) is 18.2 Å². The molecule has 0 aliphatic heterocycles. The lowest BCUT2D eigenvalue weighted by molar-refractivity contribution is 0.226. The molecule has 0 radical (unpaired) electrons. The van der Waals surface area contributed by atoms with Crippen molar-refractivity contribution in [1.29, 1.82) is 0 Å². The molecular formula is C11H19ClN2S. The molecule has 1 unspecified atom stereocenters. The first-order chi connectivity index (χ1) is 7.17. The molecule has 1 rings (SSSR count). The van der Waals surface area contributed by atoms with Gasteiger partial charge in [-0.05, 0) is 32.6 Å². The van der Waals surface area contributed by atoms with E-state index in [1.54, 1.807) is 11.3 Å². The smallest absolute Gasteiger partial charge is 0.0931 e. The van der Waals surface area contributed by atoms with Crippen LogP contribution in [0.3, 0.4) is 0 Å². The number of likely N-dealkylation sites (N-methyl/N-ethyl adjacent to an activating group) is 2. The Morgan fingerprint density at radius 1 is 1.53 bits per heavy atom. The van der Waals surface area contributed by atoms with Gasteiger partial charge in [0.1, 0.15) is 0 Å². The van der Waals surface area contributed by atoms with Crippen LogP contribution in [0.25, 0.3) is 0 Å². The van der Waals surface area contributed by atoms with E-state index in [9.17, 15) is 0 Å². The van der Waals surface area contributed by atoms with Gasteiger partial charge < -0.3 is 5.32 Å².